The molecular formula is C23H22FN5O. The van der Waals surface area contributed by atoms with E-state index >= 15 is 0 Å². The first-order valence-electron chi connectivity index (χ1n) is 9.73. The molecule has 2 heterocycles. The van der Waals surface area contributed by atoms with E-state index in [1.807, 2.05) is 44.2 Å². The van der Waals surface area contributed by atoms with Crippen molar-refractivity contribution in [3.05, 3.63) is 82.9 Å². The molecule has 30 heavy (non-hydrogen) atoms. The molecule has 2 aromatic heterocycles. The fraction of sp³-hybridized carbons (Fsp3) is 0.174. The Hall–Kier alpha value is -3.74. The minimum absolute atomic E-state index is 0.138. The fourth-order valence-corrected chi connectivity index (χ4v) is 3.57. The van der Waals surface area contributed by atoms with Gasteiger partial charge in [0.2, 0.25) is 11.9 Å². The maximum atomic E-state index is 14.2. The van der Waals surface area contributed by atoms with Crippen LogP contribution in [0.4, 0.5) is 10.2 Å². The molecule has 0 spiro atoms. The quantitative estimate of drug-likeness (QED) is 0.507. The maximum Gasteiger partial charge on any atom is 0.249 e. The van der Waals surface area contributed by atoms with E-state index in [4.69, 9.17) is 10.7 Å². The summed E-state index contributed by atoms with van der Waals surface area (Å²) in [7, 11) is 0. The van der Waals surface area contributed by atoms with Crippen LogP contribution in [-0.2, 0) is 13.0 Å². The predicted octanol–water partition coefficient (Wildman–Crippen LogP) is 4.14. The highest BCUT2D eigenvalue weighted by Gasteiger charge is 2.18. The molecule has 0 saturated carbocycles. The molecule has 152 valence electrons. The lowest BCUT2D eigenvalue weighted by Gasteiger charge is -2.13. The zero-order valence-corrected chi connectivity index (χ0v) is 16.8. The molecule has 0 radical (unpaired) electrons. The van der Waals surface area contributed by atoms with E-state index in [-0.39, 0.29) is 5.56 Å². The van der Waals surface area contributed by atoms with Crippen LogP contribution in [-0.4, -0.2) is 20.4 Å². The number of amides is 1. The topological polar surface area (TPSA) is 85.8 Å². The second kappa shape index (κ2) is 7.94. The second-order valence-corrected chi connectivity index (χ2v) is 7.11. The Morgan fingerprint density at radius 2 is 1.97 bits per heavy atom. The Balaban J connectivity index is 1.80. The van der Waals surface area contributed by atoms with Gasteiger partial charge in [-0.1, -0.05) is 37.3 Å². The van der Waals surface area contributed by atoms with Crippen LogP contribution >= 0.6 is 0 Å². The van der Waals surface area contributed by atoms with Crippen LogP contribution in [0.2, 0.25) is 0 Å². The second-order valence-electron chi connectivity index (χ2n) is 7.11. The van der Waals surface area contributed by atoms with Crippen molar-refractivity contribution >= 4 is 22.6 Å². The summed E-state index contributed by atoms with van der Waals surface area (Å²) in [5, 5.41) is 3.95. The average molecular weight is 403 g/mol. The number of primary amides is 1. The monoisotopic (exact) mass is 403 g/mol. The van der Waals surface area contributed by atoms with Crippen molar-refractivity contribution in [1.29, 1.82) is 0 Å². The third-order valence-corrected chi connectivity index (χ3v) is 5.07. The first-order chi connectivity index (χ1) is 14.5. The molecular weight excluding hydrogens is 381 g/mol. The van der Waals surface area contributed by atoms with Gasteiger partial charge in [0.25, 0.3) is 0 Å². The van der Waals surface area contributed by atoms with Gasteiger partial charge >= 0.3 is 0 Å². The van der Waals surface area contributed by atoms with Crippen LogP contribution in [0.5, 0.6) is 0 Å². The molecule has 0 bridgehead atoms. The van der Waals surface area contributed by atoms with Gasteiger partial charge in [0.15, 0.2) is 0 Å². The summed E-state index contributed by atoms with van der Waals surface area (Å²) in [5.74, 6) is -0.0946. The van der Waals surface area contributed by atoms with Gasteiger partial charge in [-0.2, -0.15) is 4.98 Å². The predicted molar refractivity (Wildman–Crippen MR) is 115 cm³/mol. The molecule has 4 aromatic rings. The van der Waals surface area contributed by atoms with Gasteiger partial charge in [-0.3, -0.25) is 9.36 Å². The Morgan fingerprint density at radius 1 is 1.20 bits per heavy atom. The van der Waals surface area contributed by atoms with Gasteiger partial charge < -0.3 is 11.1 Å². The number of hydrogen-bond donors (Lipinski definition) is 2. The molecule has 0 aliphatic rings. The van der Waals surface area contributed by atoms with Gasteiger partial charge in [-0.15, -0.1) is 0 Å². The van der Waals surface area contributed by atoms with Crippen molar-refractivity contribution in [3.8, 4) is 5.95 Å². The van der Waals surface area contributed by atoms with E-state index < -0.39 is 11.7 Å². The SMILES string of the molecule is CCc1cnc(-n2c(C)cc3c(C(N)=O)cc(F)cc32)nc1NCc1ccccc1. The molecule has 0 aliphatic carbocycles. The van der Waals surface area contributed by atoms with Crippen molar-refractivity contribution in [1.82, 2.24) is 14.5 Å². The standard InChI is InChI=1S/C23H22FN5O/c1-3-16-13-27-23(28-22(16)26-12-15-7-5-4-6-8-15)29-14(2)9-18-19(21(25)30)10-17(24)11-20(18)29/h4-11,13H,3,12H2,1-2H3,(H2,25,30)(H,26,27,28). The van der Waals surface area contributed by atoms with E-state index in [0.717, 1.165) is 35.1 Å². The first kappa shape index (κ1) is 19.6. The maximum absolute atomic E-state index is 14.2. The molecule has 0 fully saturated rings. The van der Waals surface area contributed by atoms with Crippen molar-refractivity contribution < 1.29 is 9.18 Å². The number of benzene rings is 2. The molecule has 0 aliphatic heterocycles. The van der Waals surface area contributed by atoms with Crippen LogP contribution < -0.4 is 11.1 Å². The average Bonchev–Trinajstić information content (AvgIpc) is 3.07. The Kier molecular flexibility index (Phi) is 5.18. The summed E-state index contributed by atoms with van der Waals surface area (Å²) in [6.07, 6.45) is 2.54. The smallest absolute Gasteiger partial charge is 0.249 e. The summed E-state index contributed by atoms with van der Waals surface area (Å²) in [5.41, 5.74) is 8.97. The number of fused-ring (bicyclic) bond motifs is 1. The van der Waals surface area contributed by atoms with E-state index in [0.29, 0.717) is 23.4 Å². The van der Waals surface area contributed by atoms with E-state index in [9.17, 15) is 9.18 Å². The van der Waals surface area contributed by atoms with Gasteiger partial charge in [0, 0.05) is 29.4 Å². The van der Waals surface area contributed by atoms with Crippen molar-refractivity contribution in [2.24, 2.45) is 5.73 Å². The highest BCUT2D eigenvalue weighted by atomic mass is 19.1. The van der Waals surface area contributed by atoms with E-state index in [2.05, 4.69) is 10.3 Å². The third kappa shape index (κ3) is 3.61. The van der Waals surface area contributed by atoms with Crippen LogP contribution in [0.15, 0.2) is 54.7 Å². The number of aryl methyl sites for hydroxylation is 2. The number of nitrogens with two attached hydrogens (primary N) is 1. The van der Waals surface area contributed by atoms with Gasteiger partial charge in [-0.25, -0.2) is 9.37 Å². The van der Waals surface area contributed by atoms with Crippen molar-refractivity contribution in [2.45, 2.75) is 26.8 Å². The van der Waals surface area contributed by atoms with Crippen LogP contribution in [0.25, 0.3) is 16.9 Å². The van der Waals surface area contributed by atoms with Crippen molar-refractivity contribution in [2.75, 3.05) is 5.32 Å². The van der Waals surface area contributed by atoms with E-state index in [1.54, 1.807) is 16.8 Å². The summed E-state index contributed by atoms with van der Waals surface area (Å²) in [6, 6.07) is 14.3. The van der Waals surface area contributed by atoms with Crippen molar-refractivity contribution in [3.63, 3.8) is 0 Å². The van der Waals surface area contributed by atoms with Gasteiger partial charge in [-0.05, 0) is 37.1 Å². The minimum Gasteiger partial charge on any atom is -0.366 e. The summed E-state index contributed by atoms with van der Waals surface area (Å²) in [6.45, 7) is 4.52. The lowest BCUT2D eigenvalue weighted by Crippen LogP contribution is -2.12. The van der Waals surface area contributed by atoms with Crippen LogP contribution in [0.3, 0.4) is 0 Å². The Morgan fingerprint density at radius 3 is 2.67 bits per heavy atom. The number of aromatic nitrogens is 3. The number of nitrogens with zero attached hydrogens (tertiary/aromatic N) is 3. The molecule has 0 unspecified atom stereocenters. The van der Waals surface area contributed by atoms with Crippen LogP contribution in [0.1, 0.15) is 34.1 Å². The Labute approximate surface area is 173 Å². The molecule has 3 N–H and O–H groups in total. The summed E-state index contributed by atoms with van der Waals surface area (Å²) in [4.78, 5) is 21.0. The largest absolute Gasteiger partial charge is 0.366 e. The molecule has 0 atom stereocenters. The molecule has 6 nitrogen and oxygen atoms in total. The molecule has 2 aromatic carbocycles. The highest BCUT2D eigenvalue weighted by molar-refractivity contribution is 6.06. The highest BCUT2D eigenvalue weighted by Crippen LogP contribution is 2.27. The number of rotatable bonds is 6. The number of carbonyl (C=O) groups excluding carboxylic acids is 1. The van der Waals surface area contributed by atoms with Gasteiger partial charge in [0.1, 0.15) is 11.6 Å². The lowest BCUT2D eigenvalue weighted by molar-refractivity contribution is 0.100. The minimum atomic E-state index is -0.677. The van der Waals surface area contributed by atoms with E-state index in [1.165, 1.54) is 6.07 Å². The molecule has 0 saturated heterocycles. The Bertz CT molecular complexity index is 1230. The molecule has 7 heteroatoms. The third-order valence-electron chi connectivity index (χ3n) is 5.07. The summed E-state index contributed by atoms with van der Waals surface area (Å²) < 4.78 is 15.9. The summed E-state index contributed by atoms with van der Waals surface area (Å²) >= 11 is 0. The lowest BCUT2D eigenvalue weighted by atomic mass is 10.1. The zero-order chi connectivity index (χ0) is 21.3. The number of carbonyl (C=O) groups is 1. The zero-order valence-electron chi connectivity index (χ0n) is 16.8. The fourth-order valence-electron chi connectivity index (χ4n) is 3.57. The molecule has 4 rings (SSSR count). The molecule has 1 amide bonds. The van der Waals surface area contributed by atoms with Crippen LogP contribution in [0, 0.1) is 12.7 Å². The first-order valence-corrected chi connectivity index (χ1v) is 9.73. The van der Waals surface area contributed by atoms with Gasteiger partial charge in [0.05, 0.1) is 11.1 Å². The number of anilines is 1. The number of hydrogen-bond acceptors (Lipinski definition) is 4. The number of nitrogens with one attached hydrogen (secondary N) is 1. The number of halogens is 1. The normalized spacial score (nSPS) is 11.0.